The van der Waals surface area contributed by atoms with Crippen LogP contribution in [0.15, 0.2) is 30.6 Å². The second-order valence-corrected chi connectivity index (χ2v) is 5.79. The zero-order valence-corrected chi connectivity index (χ0v) is 13.5. The molecule has 25 heavy (non-hydrogen) atoms. The van der Waals surface area contributed by atoms with Crippen molar-refractivity contribution in [2.45, 2.75) is 18.9 Å². The van der Waals surface area contributed by atoms with Crippen molar-refractivity contribution in [1.29, 1.82) is 0 Å². The average molecular weight is 338 g/mol. The summed E-state index contributed by atoms with van der Waals surface area (Å²) in [5.41, 5.74) is 7.65. The molecule has 1 saturated heterocycles. The highest BCUT2D eigenvalue weighted by molar-refractivity contribution is 5.53. The molecule has 0 aromatic carbocycles. The summed E-state index contributed by atoms with van der Waals surface area (Å²) in [4.78, 5) is 17.0. The van der Waals surface area contributed by atoms with Crippen LogP contribution in [0.3, 0.4) is 0 Å². The van der Waals surface area contributed by atoms with Gasteiger partial charge >= 0.3 is 0 Å². The Morgan fingerprint density at radius 2 is 2.12 bits per heavy atom. The van der Waals surface area contributed by atoms with Gasteiger partial charge in [0.2, 0.25) is 5.95 Å². The largest absolute Gasteiger partial charge is 0.381 e. The van der Waals surface area contributed by atoms with E-state index < -0.39 is 0 Å². The van der Waals surface area contributed by atoms with Crippen LogP contribution >= 0.6 is 0 Å². The number of rotatable bonds is 5. The van der Waals surface area contributed by atoms with Gasteiger partial charge in [-0.25, -0.2) is 9.97 Å². The van der Waals surface area contributed by atoms with Crippen LogP contribution in [0.5, 0.6) is 0 Å². The molecule has 4 rings (SSSR count). The highest BCUT2D eigenvalue weighted by Gasteiger charge is 2.20. The van der Waals surface area contributed by atoms with Gasteiger partial charge in [-0.1, -0.05) is 0 Å². The molecule has 128 valence electrons. The molecule has 0 bridgehead atoms. The Kier molecular flexibility index (Phi) is 4.21. The van der Waals surface area contributed by atoms with Gasteiger partial charge in [0.25, 0.3) is 0 Å². The van der Waals surface area contributed by atoms with Crippen LogP contribution in [-0.2, 0) is 11.3 Å². The molecule has 0 saturated carbocycles. The molecule has 1 aliphatic rings. The number of aromatic amines is 1. The Bertz CT molecular complexity index is 844. The number of nitrogens with one attached hydrogen (secondary N) is 2. The molecule has 0 unspecified atom stereocenters. The third kappa shape index (κ3) is 3.56. The van der Waals surface area contributed by atoms with E-state index in [9.17, 15) is 0 Å². The van der Waals surface area contributed by atoms with Gasteiger partial charge in [-0.2, -0.15) is 10.1 Å². The topological polar surface area (TPSA) is 128 Å². The molecule has 9 heteroatoms. The van der Waals surface area contributed by atoms with Crippen LogP contribution in [0.25, 0.3) is 11.4 Å². The molecule has 0 amide bonds. The highest BCUT2D eigenvalue weighted by atomic mass is 16.5. The second kappa shape index (κ2) is 6.81. The average Bonchev–Trinajstić information content (AvgIpc) is 3.32. The van der Waals surface area contributed by atoms with E-state index in [1.165, 1.54) is 0 Å². The van der Waals surface area contributed by atoms with Crippen molar-refractivity contribution in [1.82, 2.24) is 30.1 Å². The van der Waals surface area contributed by atoms with Crippen molar-refractivity contribution in [3.63, 3.8) is 0 Å². The third-order valence-corrected chi connectivity index (χ3v) is 4.02. The molecule has 0 spiro atoms. The number of hydrogen-bond acceptors (Lipinski definition) is 8. The fourth-order valence-electron chi connectivity index (χ4n) is 2.73. The van der Waals surface area contributed by atoms with E-state index in [0.717, 1.165) is 24.3 Å². The van der Waals surface area contributed by atoms with Crippen molar-refractivity contribution in [2.75, 3.05) is 24.3 Å². The Morgan fingerprint density at radius 1 is 1.24 bits per heavy atom. The van der Waals surface area contributed by atoms with E-state index in [1.807, 2.05) is 18.2 Å². The number of aromatic nitrogens is 6. The van der Waals surface area contributed by atoms with Crippen molar-refractivity contribution in [2.24, 2.45) is 0 Å². The van der Waals surface area contributed by atoms with Crippen LogP contribution in [-0.4, -0.2) is 43.3 Å². The molecular weight excluding hydrogens is 320 g/mol. The molecule has 1 aliphatic heterocycles. The number of ether oxygens (including phenoxy) is 1. The summed E-state index contributed by atoms with van der Waals surface area (Å²) >= 11 is 0. The Hall–Kier alpha value is -3.07. The fourth-order valence-corrected chi connectivity index (χ4v) is 2.73. The van der Waals surface area contributed by atoms with E-state index in [1.54, 1.807) is 12.4 Å². The summed E-state index contributed by atoms with van der Waals surface area (Å²) in [6.45, 7) is 1.88. The SMILES string of the molecule is Nc1nc(NCc2nc(-c3ccncc3)n[nH]2)cc([C@@H]2CCOC2)n1. The molecule has 9 nitrogen and oxygen atoms in total. The quantitative estimate of drug-likeness (QED) is 0.636. The van der Waals surface area contributed by atoms with Gasteiger partial charge in [0.15, 0.2) is 5.82 Å². The first-order valence-electron chi connectivity index (χ1n) is 8.05. The standard InChI is InChI=1S/C16H18N8O/c17-16-20-12(11-3-6-25-9-11)7-13(22-16)19-8-14-21-15(24-23-14)10-1-4-18-5-2-10/h1-2,4-5,7,11H,3,6,8-9H2,(H,21,23,24)(H3,17,19,20,22)/t11-/m1/s1. The summed E-state index contributed by atoms with van der Waals surface area (Å²) in [7, 11) is 0. The fraction of sp³-hybridized carbons (Fsp3) is 0.312. The van der Waals surface area contributed by atoms with E-state index >= 15 is 0 Å². The first kappa shape index (κ1) is 15.5. The zero-order chi connectivity index (χ0) is 17.1. The van der Waals surface area contributed by atoms with Gasteiger partial charge in [-0.3, -0.25) is 10.1 Å². The predicted octanol–water partition coefficient (Wildman–Crippen LogP) is 1.35. The van der Waals surface area contributed by atoms with E-state index in [4.69, 9.17) is 10.5 Å². The number of nitrogens with zero attached hydrogens (tertiary/aromatic N) is 5. The van der Waals surface area contributed by atoms with Crippen molar-refractivity contribution < 1.29 is 4.74 Å². The van der Waals surface area contributed by atoms with E-state index in [0.29, 0.717) is 30.6 Å². The van der Waals surface area contributed by atoms with Crippen LogP contribution in [0, 0.1) is 0 Å². The third-order valence-electron chi connectivity index (χ3n) is 4.02. The smallest absolute Gasteiger partial charge is 0.222 e. The summed E-state index contributed by atoms with van der Waals surface area (Å²) in [6.07, 6.45) is 4.37. The van der Waals surface area contributed by atoms with E-state index in [2.05, 4.69) is 35.5 Å². The minimum absolute atomic E-state index is 0.252. The van der Waals surface area contributed by atoms with Gasteiger partial charge in [0.1, 0.15) is 11.6 Å². The van der Waals surface area contributed by atoms with Gasteiger partial charge < -0.3 is 15.8 Å². The van der Waals surface area contributed by atoms with Crippen molar-refractivity contribution >= 4 is 11.8 Å². The maximum absolute atomic E-state index is 5.83. The predicted molar refractivity (Wildman–Crippen MR) is 91.6 cm³/mol. The number of pyridine rings is 1. The summed E-state index contributed by atoms with van der Waals surface area (Å²) in [5.74, 6) is 2.52. The Labute approximate surface area is 144 Å². The van der Waals surface area contributed by atoms with Crippen LogP contribution in [0.2, 0.25) is 0 Å². The van der Waals surface area contributed by atoms with Crippen LogP contribution in [0.1, 0.15) is 23.9 Å². The second-order valence-electron chi connectivity index (χ2n) is 5.79. The molecule has 0 aliphatic carbocycles. The molecule has 1 atom stereocenters. The molecule has 4 N–H and O–H groups in total. The minimum Gasteiger partial charge on any atom is -0.381 e. The molecule has 3 aromatic rings. The number of nitrogen functional groups attached to an aromatic ring is 1. The molecule has 3 aromatic heterocycles. The number of hydrogen-bond donors (Lipinski definition) is 3. The monoisotopic (exact) mass is 338 g/mol. The van der Waals surface area contributed by atoms with Crippen LogP contribution < -0.4 is 11.1 Å². The summed E-state index contributed by atoms with van der Waals surface area (Å²) < 4.78 is 5.42. The number of H-pyrrole nitrogens is 1. The Morgan fingerprint density at radius 3 is 2.92 bits per heavy atom. The molecule has 1 fully saturated rings. The van der Waals surface area contributed by atoms with Gasteiger partial charge in [-0.15, -0.1) is 0 Å². The maximum Gasteiger partial charge on any atom is 0.222 e. The Balaban J connectivity index is 1.45. The maximum atomic E-state index is 5.83. The normalized spacial score (nSPS) is 16.9. The number of anilines is 2. The van der Waals surface area contributed by atoms with Crippen molar-refractivity contribution in [3.8, 4) is 11.4 Å². The lowest BCUT2D eigenvalue weighted by atomic mass is 10.0. The van der Waals surface area contributed by atoms with Gasteiger partial charge in [0.05, 0.1) is 18.8 Å². The number of nitrogens with two attached hydrogens (primary N) is 1. The lowest BCUT2D eigenvalue weighted by molar-refractivity contribution is 0.193. The lowest BCUT2D eigenvalue weighted by Gasteiger charge is -2.10. The first-order chi connectivity index (χ1) is 12.3. The zero-order valence-electron chi connectivity index (χ0n) is 13.5. The van der Waals surface area contributed by atoms with Crippen LogP contribution in [0.4, 0.5) is 11.8 Å². The van der Waals surface area contributed by atoms with Gasteiger partial charge in [0, 0.05) is 36.5 Å². The molecule has 0 radical (unpaired) electrons. The van der Waals surface area contributed by atoms with Gasteiger partial charge in [-0.05, 0) is 18.6 Å². The molecule has 4 heterocycles. The minimum atomic E-state index is 0.252. The highest BCUT2D eigenvalue weighted by Crippen LogP contribution is 2.25. The lowest BCUT2D eigenvalue weighted by Crippen LogP contribution is -2.09. The summed E-state index contributed by atoms with van der Waals surface area (Å²) in [5, 5.41) is 10.4. The van der Waals surface area contributed by atoms with Crippen molar-refractivity contribution in [3.05, 3.63) is 42.1 Å². The first-order valence-corrected chi connectivity index (χ1v) is 8.05. The van der Waals surface area contributed by atoms with E-state index in [-0.39, 0.29) is 11.9 Å². The molecular formula is C16H18N8O. The summed E-state index contributed by atoms with van der Waals surface area (Å²) in [6, 6.07) is 5.64.